The van der Waals surface area contributed by atoms with Crippen LogP contribution in [0, 0.1) is 0 Å². The maximum Gasteiger partial charge on any atom is 0.262 e. The van der Waals surface area contributed by atoms with E-state index in [0.717, 1.165) is 0 Å². The molecule has 2 N–H and O–H groups in total. The summed E-state index contributed by atoms with van der Waals surface area (Å²) in [5.74, 6) is 0.849. The summed E-state index contributed by atoms with van der Waals surface area (Å²) < 4.78 is 38.3. The quantitative estimate of drug-likeness (QED) is 0.682. The average Bonchev–Trinajstić information content (AvgIpc) is 2.63. The number of hydrogen-bond donors (Lipinski definition) is 2. The summed E-state index contributed by atoms with van der Waals surface area (Å²) in [4.78, 5) is 0.0438. The third-order valence-corrected chi connectivity index (χ3v) is 5.17. The molecule has 0 aliphatic heterocycles. The third kappa shape index (κ3) is 3.18. The highest BCUT2D eigenvalue weighted by atomic mass is 32.2. The Balaban J connectivity index is 2.04. The van der Waals surface area contributed by atoms with E-state index < -0.39 is 10.0 Å². The molecule has 0 fully saturated rings. The van der Waals surface area contributed by atoms with Gasteiger partial charge < -0.3 is 14.6 Å². The van der Waals surface area contributed by atoms with Gasteiger partial charge in [-0.1, -0.05) is 24.3 Å². The van der Waals surface area contributed by atoms with Crippen LogP contribution >= 0.6 is 0 Å². The van der Waals surface area contributed by atoms with Crippen LogP contribution in [0.4, 0.5) is 5.69 Å². The number of phenolic OH excluding ortho intramolecular Hbond substituents is 1. The zero-order chi connectivity index (χ0) is 18.0. The maximum absolute atomic E-state index is 12.7. The molecule has 7 heteroatoms. The lowest BCUT2D eigenvalue weighted by atomic mass is 10.1. The van der Waals surface area contributed by atoms with Gasteiger partial charge in [-0.05, 0) is 24.3 Å². The Kier molecular flexibility index (Phi) is 4.41. The van der Waals surface area contributed by atoms with Gasteiger partial charge in [-0.3, -0.25) is 4.72 Å². The van der Waals surface area contributed by atoms with E-state index in [1.807, 2.05) is 0 Å². The van der Waals surface area contributed by atoms with Gasteiger partial charge in [0.2, 0.25) is 0 Å². The predicted molar refractivity (Wildman–Crippen MR) is 96.0 cm³/mol. The Morgan fingerprint density at radius 1 is 0.880 bits per heavy atom. The van der Waals surface area contributed by atoms with Crippen LogP contribution < -0.4 is 14.2 Å². The van der Waals surface area contributed by atoms with Gasteiger partial charge in [0.1, 0.15) is 5.75 Å². The van der Waals surface area contributed by atoms with E-state index in [1.54, 1.807) is 24.3 Å². The molecule has 0 radical (unpaired) electrons. The molecule has 0 unspecified atom stereocenters. The van der Waals surface area contributed by atoms with Crippen molar-refractivity contribution in [3.05, 3.63) is 54.6 Å². The molecule has 0 heterocycles. The molecular weight excluding hydrogens is 342 g/mol. The maximum atomic E-state index is 12.7. The van der Waals surface area contributed by atoms with Crippen molar-refractivity contribution in [1.82, 2.24) is 0 Å². The normalized spacial score (nSPS) is 11.3. The van der Waals surface area contributed by atoms with Crippen molar-refractivity contribution in [2.75, 3.05) is 18.9 Å². The van der Waals surface area contributed by atoms with Gasteiger partial charge in [0.05, 0.1) is 24.8 Å². The van der Waals surface area contributed by atoms with Crippen LogP contribution in [0.25, 0.3) is 10.8 Å². The van der Waals surface area contributed by atoms with Crippen LogP contribution in [0.3, 0.4) is 0 Å². The highest BCUT2D eigenvalue weighted by molar-refractivity contribution is 7.92. The number of anilines is 1. The van der Waals surface area contributed by atoms with Crippen molar-refractivity contribution in [2.45, 2.75) is 4.90 Å². The standard InChI is InChI=1S/C18H17NO5S/c1-23-17-10-7-12(11-18(17)24-2)25(21,22)19-15-8-9-16(20)14-6-4-3-5-13(14)15/h3-11,19-20H,1-2H3. The van der Waals surface area contributed by atoms with Gasteiger partial charge >= 0.3 is 0 Å². The van der Waals surface area contributed by atoms with E-state index in [2.05, 4.69) is 4.72 Å². The van der Waals surface area contributed by atoms with Crippen LogP contribution in [-0.4, -0.2) is 27.7 Å². The molecule has 0 saturated heterocycles. The van der Waals surface area contributed by atoms with E-state index in [-0.39, 0.29) is 10.6 Å². The molecule has 0 amide bonds. The predicted octanol–water partition coefficient (Wildman–Crippen LogP) is 3.36. The fourth-order valence-electron chi connectivity index (χ4n) is 2.56. The van der Waals surface area contributed by atoms with Gasteiger partial charge in [0, 0.05) is 16.8 Å². The van der Waals surface area contributed by atoms with E-state index in [1.165, 1.54) is 44.6 Å². The molecule has 0 aromatic heterocycles. The second-order valence-corrected chi connectivity index (χ2v) is 6.98. The van der Waals surface area contributed by atoms with Crippen molar-refractivity contribution >= 4 is 26.5 Å². The van der Waals surface area contributed by atoms with Crippen LogP contribution in [0.1, 0.15) is 0 Å². The summed E-state index contributed by atoms with van der Waals surface area (Å²) in [5, 5.41) is 11.1. The summed E-state index contributed by atoms with van der Waals surface area (Å²) in [6, 6.07) is 14.3. The lowest BCUT2D eigenvalue weighted by Crippen LogP contribution is -2.13. The number of methoxy groups -OCH3 is 2. The Hall–Kier alpha value is -2.93. The van der Waals surface area contributed by atoms with Crippen LogP contribution in [-0.2, 0) is 10.0 Å². The molecule has 0 atom stereocenters. The van der Waals surface area contributed by atoms with Crippen LogP contribution in [0.5, 0.6) is 17.2 Å². The third-order valence-electron chi connectivity index (χ3n) is 3.81. The molecule has 3 rings (SSSR count). The molecule has 0 saturated carbocycles. The van der Waals surface area contributed by atoms with Crippen molar-refractivity contribution in [2.24, 2.45) is 0 Å². The minimum atomic E-state index is -3.84. The lowest BCUT2D eigenvalue weighted by Gasteiger charge is -2.13. The average molecular weight is 359 g/mol. The Labute approximate surface area is 145 Å². The lowest BCUT2D eigenvalue weighted by molar-refractivity contribution is 0.354. The molecular formula is C18H17NO5S. The van der Waals surface area contributed by atoms with E-state index in [0.29, 0.717) is 28.0 Å². The number of hydrogen-bond acceptors (Lipinski definition) is 5. The summed E-state index contributed by atoms with van der Waals surface area (Å²) in [6.07, 6.45) is 0. The Bertz CT molecular complexity index is 1030. The molecule has 130 valence electrons. The second-order valence-electron chi connectivity index (χ2n) is 5.30. The van der Waals surface area contributed by atoms with E-state index in [4.69, 9.17) is 9.47 Å². The summed E-state index contributed by atoms with van der Waals surface area (Å²) in [7, 11) is -0.924. The van der Waals surface area contributed by atoms with Crippen molar-refractivity contribution in [3.8, 4) is 17.2 Å². The summed E-state index contributed by atoms with van der Waals surface area (Å²) in [6.45, 7) is 0. The van der Waals surface area contributed by atoms with Crippen molar-refractivity contribution < 1.29 is 23.0 Å². The van der Waals surface area contributed by atoms with Gasteiger partial charge in [-0.15, -0.1) is 0 Å². The van der Waals surface area contributed by atoms with Gasteiger partial charge in [0.25, 0.3) is 10.0 Å². The molecule has 3 aromatic carbocycles. The van der Waals surface area contributed by atoms with Gasteiger partial charge in [-0.2, -0.15) is 0 Å². The number of benzene rings is 3. The fourth-order valence-corrected chi connectivity index (χ4v) is 3.65. The summed E-state index contributed by atoms with van der Waals surface area (Å²) in [5.41, 5.74) is 0.378. The van der Waals surface area contributed by atoms with Crippen molar-refractivity contribution in [1.29, 1.82) is 0 Å². The first kappa shape index (κ1) is 16.9. The smallest absolute Gasteiger partial charge is 0.262 e. The number of aromatic hydroxyl groups is 1. The second kappa shape index (κ2) is 6.52. The molecule has 25 heavy (non-hydrogen) atoms. The van der Waals surface area contributed by atoms with Crippen molar-refractivity contribution in [3.63, 3.8) is 0 Å². The zero-order valence-electron chi connectivity index (χ0n) is 13.7. The molecule has 0 aliphatic carbocycles. The fraction of sp³-hybridized carbons (Fsp3) is 0.111. The first-order chi connectivity index (χ1) is 12.0. The zero-order valence-corrected chi connectivity index (χ0v) is 14.5. The first-order valence-electron chi connectivity index (χ1n) is 7.42. The minimum absolute atomic E-state index is 0.0438. The highest BCUT2D eigenvalue weighted by Crippen LogP contribution is 2.33. The van der Waals surface area contributed by atoms with Gasteiger partial charge in [-0.25, -0.2) is 8.42 Å². The highest BCUT2D eigenvalue weighted by Gasteiger charge is 2.18. The molecule has 0 bridgehead atoms. The Morgan fingerprint density at radius 3 is 2.24 bits per heavy atom. The van der Waals surface area contributed by atoms with Gasteiger partial charge in [0.15, 0.2) is 11.5 Å². The number of rotatable bonds is 5. The topological polar surface area (TPSA) is 84.9 Å². The molecule has 0 spiro atoms. The number of fused-ring (bicyclic) bond motifs is 1. The molecule has 0 aliphatic rings. The van der Waals surface area contributed by atoms with E-state index >= 15 is 0 Å². The van der Waals surface area contributed by atoms with Crippen LogP contribution in [0.2, 0.25) is 0 Å². The minimum Gasteiger partial charge on any atom is -0.507 e. The number of sulfonamides is 1. The monoisotopic (exact) mass is 359 g/mol. The molecule has 3 aromatic rings. The van der Waals surface area contributed by atoms with Crippen LogP contribution in [0.15, 0.2) is 59.5 Å². The number of nitrogens with one attached hydrogen (secondary N) is 1. The number of ether oxygens (including phenoxy) is 2. The first-order valence-corrected chi connectivity index (χ1v) is 8.90. The largest absolute Gasteiger partial charge is 0.507 e. The summed E-state index contributed by atoms with van der Waals surface area (Å²) >= 11 is 0. The SMILES string of the molecule is COc1ccc(S(=O)(=O)Nc2ccc(O)c3ccccc23)cc1OC. The molecule has 6 nitrogen and oxygen atoms in total. The van der Waals surface area contributed by atoms with E-state index in [9.17, 15) is 13.5 Å². The Morgan fingerprint density at radius 2 is 1.56 bits per heavy atom. The number of phenols is 1.